The zero-order valence-corrected chi connectivity index (χ0v) is 42.1. The van der Waals surface area contributed by atoms with E-state index < -0.39 is 26.5 Å². The minimum Gasteiger partial charge on any atom is -0.462 e. The van der Waals surface area contributed by atoms with Gasteiger partial charge in [0.15, 0.2) is 6.10 Å². The summed E-state index contributed by atoms with van der Waals surface area (Å²) in [5.41, 5.74) is 0. The lowest BCUT2D eigenvalue weighted by molar-refractivity contribution is -0.870. The van der Waals surface area contributed by atoms with Crippen molar-refractivity contribution < 1.29 is 42.1 Å². The Kier molecular flexibility index (Phi) is 43.5. The van der Waals surface area contributed by atoms with E-state index in [9.17, 15) is 19.0 Å². The Balaban J connectivity index is 4.18. The van der Waals surface area contributed by atoms with Gasteiger partial charge in [0, 0.05) is 12.8 Å². The first-order chi connectivity index (χ1) is 29.5. The van der Waals surface area contributed by atoms with Gasteiger partial charge in [-0.25, -0.2) is 4.57 Å². The van der Waals surface area contributed by atoms with E-state index in [1.807, 2.05) is 21.1 Å². The van der Waals surface area contributed by atoms with Crippen molar-refractivity contribution in [2.24, 2.45) is 0 Å². The molecule has 0 aromatic rings. The van der Waals surface area contributed by atoms with E-state index in [1.54, 1.807) is 0 Å². The van der Waals surface area contributed by atoms with Gasteiger partial charge in [-0.15, -0.1) is 0 Å². The lowest BCUT2D eigenvalue weighted by atomic mass is 10.0. The number of hydrogen-bond acceptors (Lipinski definition) is 7. The van der Waals surface area contributed by atoms with Crippen LogP contribution in [0.25, 0.3) is 0 Å². The highest BCUT2D eigenvalue weighted by Crippen LogP contribution is 2.43. The lowest BCUT2D eigenvalue weighted by Crippen LogP contribution is -2.37. The molecule has 0 heterocycles. The molecule has 2 atom stereocenters. The summed E-state index contributed by atoms with van der Waals surface area (Å²) in [6, 6.07) is 0. The zero-order valence-electron chi connectivity index (χ0n) is 41.2. The van der Waals surface area contributed by atoms with E-state index >= 15 is 0 Å². The van der Waals surface area contributed by atoms with Crippen molar-refractivity contribution in [3.8, 4) is 0 Å². The molecule has 0 aromatic carbocycles. The topological polar surface area (TPSA) is 108 Å². The molecule has 0 aliphatic rings. The highest BCUT2D eigenvalue weighted by Gasteiger charge is 2.27. The van der Waals surface area contributed by atoms with Gasteiger partial charge < -0.3 is 18.9 Å². The average Bonchev–Trinajstić information content (AvgIpc) is 3.21. The van der Waals surface area contributed by atoms with Crippen LogP contribution in [0.1, 0.15) is 264 Å². The largest absolute Gasteiger partial charge is 0.472 e. The predicted molar refractivity (Wildman–Crippen MR) is 257 cm³/mol. The number of quaternary nitrogens is 1. The van der Waals surface area contributed by atoms with Crippen LogP contribution in [0, 0.1) is 0 Å². The molecule has 0 spiro atoms. The van der Waals surface area contributed by atoms with E-state index in [0.29, 0.717) is 17.4 Å². The molecule has 364 valence electrons. The van der Waals surface area contributed by atoms with Gasteiger partial charge in [0.05, 0.1) is 27.7 Å². The van der Waals surface area contributed by atoms with Crippen LogP contribution in [-0.2, 0) is 32.7 Å². The minimum atomic E-state index is -4.37. The van der Waals surface area contributed by atoms with Crippen LogP contribution >= 0.6 is 7.82 Å². The van der Waals surface area contributed by atoms with E-state index in [0.717, 1.165) is 38.5 Å². The number of esters is 2. The number of carbonyl (C=O) groups is 2. The van der Waals surface area contributed by atoms with Crippen molar-refractivity contribution in [3.63, 3.8) is 0 Å². The van der Waals surface area contributed by atoms with E-state index in [-0.39, 0.29) is 25.6 Å². The van der Waals surface area contributed by atoms with E-state index in [4.69, 9.17) is 18.5 Å². The van der Waals surface area contributed by atoms with Gasteiger partial charge in [0.25, 0.3) is 0 Å². The number of likely N-dealkylation sites (N-methyl/N-ethyl adjacent to an activating group) is 1. The molecule has 1 unspecified atom stereocenters. The Bertz CT molecular complexity index is 1010. The van der Waals surface area contributed by atoms with Gasteiger partial charge in [-0.1, -0.05) is 239 Å². The first kappa shape index (κ1) is 60.0. The predicted octanol–water partition coefficient (Wildman–Crippen LogP) is 15.5. The third-order valence-electron chi connectivity index (χ3n) is 11.9. The molecule has 0 amide bonds. The minimum absolute atomic E-state index is 0.0372. The van der Waals surface area contributed by atoms with Crippen molar-refractivity contribution in [2.75, 3.05) is 47.5 Å². The number of phosphoric acid groups is 1. The average molecular weight is 889 g/mol. The quantitative estimate of drug-likeness (QED) is 0.0278. The fourth-order valence-corrected chi connectivity index (χ4v) is 8.52. The number of hydrogen-bond donors (Lipinski definition) is 1. The molecule has 9 nitrogen and oxygen atoms in total. The smallest absolute Gasteiger partial charge is 0.462 e. The number of nitrogens with zero attached hydrogens (tertiary/aromatic N) is 1. The second-order valence-electron chi connectivity index (χ2n) is 19.3. The van der Waals surface area contributed by atoms with E-state index in [1.165, 1.54) is 199 Å². The molecular weight excluding hydrogens is 786 g/mol. The summed E-state index contributed by atoms with van der Waals surface area (Å²) in [5, 5.41) is 0. The molecule has 0 radical (unpaired) electrons. The Morgan fingerprint density at radius 1 is 0.443 bits per heavy atom. The van der Waals surface area contributed by atoms with Crippen molar-refractivity contribution in [2.45, 2.75) is 270 Å². The third-order valence-corrected chi connectivity index (χ3v) is 12.9. The van der Waals surface area contributed by atoms with Gasteiger partial charge in [-0.2, -0.15) is 0 Å². The second-order valence-corrected chi connectivity index (χ2v) is 20.7. The fraction of sp³-hybridized carbons (Fsp3) is 0.961. The Morgan fingerprint density at radius 3 is 1.05 bits per heavy atom. The maximum atomic E-state index is 12.8. The Labute approximate surface area is 378 Å². The van der Waals surface area contributed by atoms with Crippen LogP contribution in [0.4, 0.5) is 0 Å². The first-order valence-corrected chi connectivity index (χ1v) is 27.8. The van der Waals surface area contributed by atoms with Crippen molar-refractivity contribution in [1.29, 1.82) is 0 Å². The summed E-state index contributed by atoms with van der Waals surface area (Å²) in [6.45, 7) is 4.49. The Hall–Kier alpha value is -0.990. The number of ether oxygens (including phenoxy) is 2. The summed E-state index contributed by atoms with van der Waals surface area (Å²) in [6.07, 6.45) is 47.2. The van der Waals surface area contributed by atoms with Gasteiger partial charge in [0.2, 0.25) is 0 Å². The van der Waals surface area contributed by atoms with Crippen LogP contribution in [0.15, 0.2) is 0 Å². The standard InChI is InChI=1S/C51H102NO8P/c1-6-8-10-12-14-16-18-20-22-24-25-26-28-30-32-34-36-38-40-42-44-51(54)60-49(48-59-61(55,56)58-46-45-52(3,4)5)47-57-50(53)43-41-39-37-35-33-31-29-27-23-21-19-17-15-13-11-9-7-2/h49H,6-48H2,1-5H3/p+1/t49-/m1/s1. The normalized spacial score (nSPS) is 13.3. The van der Waals surface area contributed by atoms with Crippen LogP contribution in [0.2, 0.25) is 0 Å². The molecule has 0 saturated carbocycles. The fourth-order valence-electron chi connectivity index (χ4n) is 7.78. The van der Waals surface area contributed by atoms with Gasteiger partial charge >= 0.3 is 19.8 Å². The molecule has 10 heteroatoms. The molecule has 0 rings (SSSR count). The summed E-state index contributed by atoms with van der Waals surface area (Å²) in [4.78, 5) is 35.5. The number of carbonyl (C=O) groups excluding carboxylic acids is 2. The lowest BCUT2D eigenvalue weighted by Gasteiger charge is -2.24. The summed E-state index contributed by atoms with van der Waals surface area (Å²) >= 11 is 0. The van der Waals surface area contributed by atoms with Crippen LogP contribution in [0.3, 0.4) is 0 Å². The van der Waals surface area contributed by atoms with E-state index in [2.05, 4.69) is 13.8 Å². The molecule has 0 bridgehead atoms. The molecule has 0 aliphatic carbocycles. The van der Waals surface area contributed by atoms with Crippen molar-refractivity contribution >= 4 is 19.8 Å². The maximum Gasteiger partial charge on any atom is 0.472 e. The monoisotopic (exact) mass is 889 g/mol. The second kappa shape index (κ2) is 44.2. The van der Waals surface area contributed by atoms with Gasteiger partial charge in [-0.3, -0.25) is 18.6 Å². The molecule has 0 aliphatic heterocycles. The maximum absolute atomic E-state index is 12.8. The first-order valence-electron chi connectivity index (χ1n) is 26.3. The highest BCUT2D eigenvalue weighted by atomic mass is 31.2. The highest BCUT2D eigenvalue weighted by molar-refractivity contribution is 7.47. The summed E-state index contributed by atoms with van der Waals surface area (Å²) < 4.78 is 34.5. The SMILES string of the molecule is CCCCCCCCCCCCCCCCCCCCCCC(=O)O[C@H](COC(=O)CCCCCCCCCCCCCCCCCCC)COP(=O)(O)OCC[N+](C)(C)C. The van der Waals surface area contributed by atoms with Gasteiger partial charge in [0.1, 0.15) is 19.8 Å². The summed E-state index contributed by atoms with van der Waals surface area (Å²) in [7, 11) is 1.50. The molecule has 0 fully saturated rings. The molecule has 0 saturated heterocycles. The van der Waals surface area contributed by atoms with Crippen LogP contribution in [0.5, 0.6) is 0 Å². The van der Waals surface area contributed by atoms with Gasteiger partial charge in [-0.05, 0) is 12.8 Å². The molecule has 1 N–H and O–H groups in total. The number of phosphoric ester groups is 1. The number of rotatable bonds is 49. The molecule has 61 heavy (non-hydrogen) atoms. The van der Waals surface area contributed by atoms with Crippen molar-refractivity contribution in [1.82, 2.24) is 0 Å². The Morgan fingerprint density at radius 2 is 0.738 bits per heavy atom. The van der Waals surface area contributed by atoms with Crippen molar-refractivity contribution in [3.05, 3.63) is 0 Å². The summed E-state index contributed by atoms with van der Waals surface area (Å²) in [5.74, 6) is -0.776. The van der Waals surface area contributed by atoms with Crippen LogP contribution in [-0.4, -0.2) is 74.9 Å². The van der Waals surface area contributed by atoms with Crippen LogP contribution < -0.4 is 0 Å². The zero-order chi connectivity index (χ0) is 45.0. The third kappa shape index (κ3) is 48.3. The molecular formula is C51H103NO8P+. The number of unbranched alkanes of at least 4 members (excludes halogenated alkanes) is 35. The molecule has 0 aromatic heterocycles.